The molecule has 0 aliphatic rings. The predicted molar refractivity (Wildman–Crippen MR) is 72.1 cm³/mol. The fraction of sp³-hybridized carbons (Fsp3) is 0.133. The molecular formula is C15H13F2NO2. The van der Waals surface area contributed by atoms with Crippen LogP contribution >= 0.6 is 0 Å². The largest absolute Gasteiger partial charge is 0.478 e. The molecule has 0 amide bonds. The minimum atomic E-state index is -2.48. The normalized spacial score (nSPS) is 10.6. The fourth-order valence-corrected chi connectivity index (χ4v) is 1.80. The zero-order valence-corrected chi connectivity index (χ0v) is 10.5. The maximum atomic E-state index is 12.4. The number of hydrogen-bond acceptors (Lipinski definition) is 2. The van der Waals surface area contributed by atoms with E-state index in [2.05, 4.69) is 5.32 Å². The third-order valence-corrected chi connectivity index (χ3v) is 2.87. The van der Waals surface area contributed by atoms with Gasteiger partial charge in [0.25, 0.3) is 6.43 Å². The Morgan fingerprint density at radius 2 is 1.75 bits per heavy atom. The average molecular weight is 277 g/mol. The summed E-state index contributed by atoms with van der Waals surface area (Å²) in [6, 6.07) is 12.5. The van der Waals surface area contributed by atoms with Crippen molar-refractivity contribution < 1.29 is 18.7 Å². The van der Waals surface area contributed by atoms with Crippen molar-refractivity contribution >= 4 is 11.7 Å². The van der Waals surface area contributed by atoms with Crippen LogP contribution < -0.4 is 5.32 Å². The van der Waals surface area contributed by atoms with Crippen LogP contribution in [0.15, 0.2) is 48.5 Å². The van der Waals surface area contributed by atoms with E-state index in [9.17, 15) is 13.6 Å². The number of aromatic carboxylic acids is 1. The van der Waals surface area contributed by atoms with E-state index in [0.717, 1.165) is 5.56 Å². The summed E-state index contributed by atoms with van der Waals surface area (Å²) in [6.07, 6.45) is -2.48. The highest BCUT2D eigenvalue weighted by Gasteiger charge is 2.09. The molecule has 0 aliphatic carbocycles. The summed E-state index contributed by atoms with van der Waals surface area (Å²) < 4.78 is 24.8. The molecule has 2 rings (SSSR count). The molecular weight excluding hydrogens is 264 g/mol. The van der Waals surface area contributed by atoms with Crippen LogP contribution in [-0.2, 0) is 6.54 Å². The number of rotatable bonds is 5. The summed E-state index contributed by atoms with van der Waals surface area (Å²) in [5.74, 6) is -1.01. The van der Waals surface area contributed by atoms with E-state index in [-0.39, 0.29) is 11.1 Å². The predicted octanol–water partition coefficient (Wildman–Crippen LogP) is 3.93. The third-order valence-electron chi connectivity index (χ3n) is 2.87. The molecule has 0 heterocycles. The van der Waals surface area contributed by atoms with Crippen molar-refractivity contribution in [2.24, 2.45) is 0 Å². The average Bonchev–Trinajstić information content (AvgIpc) is 2.45. The smallest absolute Gasteiger partial charge is 0.337 e. The standard InChI is InChI=1S/C15H13F2NO2/c16-14(17)11-7-5-10(6-8-11)9-18-13-4-2-1-3-12(13)15(19)20/h1-8,14,18H,9H2,(H,19,20). The van der Waals surface area contributed by atoms with E-state index in [1.165, 1.54) is 18.2 Å². The number of carbonyl (C=O) groups is 1. The SMILES string of the molecule is O=C(O)c1ccccc1NCc1ccc(C(F)F)cc1. The summed E-state index contributed by atoms with van der Waals surface area (Å²) in [5.41, 5.74) is 1.45. The van der Waals surface area contributed by atoms with Crippen LogP contribution in [-0.4, -0.2) is 11.1 Å². The van der Waals surface area contributed by atoms with E-state index in [1.807, 2.05) is 0 Å². The van der Waals surface area contributed by atoms with E-state index < -0.39 is 12.4 Å². The molecule has 0 radical (unpaired) electrons. The Hall–Kier alpha value is -2.43. The molecule has 0 bridgehead atoms. The van der Waals surface area contributed by atoms with Crippen LogP contribution in [0.5, 0.6) is 0 Å². The second-order valence-electron chi connectivity index (χ2n) is 4.25. The highest BCUT2D eigenvalue weighted by molar-refractivity contribution is 5.94. The van der Waals surface area contributed by atoms with Crippen molar-refractivity contribution in [3.8, 4) is 0 Å². The van der Waals surface area contributed by atoms with Gasteiger partial charge >= 0.3 is 5.97 Å². The van der Waals surface area contributed by atoms with Gasteiger partial charge in [0.1, 0.15) is 0 Å². The Morgan fingerprint density at radius 3 is 2.35 bits per heavy atom. The number of carboxylic acids is 1. The molecule has 0 fully saturated rings. The van der Waals surface area contributed by atoms with Crippen LogP contribution in [0.1, 0.15) is 27.9 Å². The van der Waals surface area contributed by atoms with Crippen LogP contribution in [0.3, 0.4) is 0 Å². The summed E-state index contributed by atoms with van der Waals surface area (Å²) >= 11 is 0. The van der Waals surface area contributed by atoms with Gasteiger partial charge in [-0.2, -0.15) is 0 Å². The summed E-state index contributed by atoms with van der Waals surface area (Å²) in [7, 11) is 0. The minimum Gasteiger partial charge on any atom is -0.478 e. The summed E-state index contributed by atoms with van der Waals surface area (Å²) in [6.45, 7) is 0.369. The highest BCUT2D eigenvalue weighted by Crippen LogP contribution is 2.20. The first-order valence-electron chi connectivity index (χ1n) is 6.01. The van der Waals surface area contributed by atoms with Crippen LogP contribution in [0.25, 0.3) is 0 Å². The van der Waals surface area contributed by atoms with E-state index in [4.69, 9.17) is 5.11 Å². The van der Waals surface area contributed by atoms with Crippen molar-refractivity contribution in [3.05, 3.63) is 65.2 Å². The molecule has 0 aliphatic heterocycles. The summed E-state index contributed by atoms with van der Waals surface area (Å²) in [4.78, 5) is 11.0. The Bertz CT molecular complexity index is 597. The lowest BCUT2D eigenvalue weighted by molar-refractivity contribution is 0.0698. The zero-order valence-electron chi connectivity index (χ0n) is 10.5. The number of alkyl halides is 2. The Kier molecular flexibility index (Phi) is 4.30. The molecule has 2 aromatic rings. The van der Waals surface area contributed by atoms with Gasteiger partial charge in [0.15, 0.2) is 0 Å². The van der Waals surface area contributed by atoms with Crippen LogP contribution in [0.4, 0.5) is 14.5 Å². The molecule has 0 unspecified atom stereocenters. The molecule has 3 nitrogen and oxygen atoms in total. The molecule has 0 atom stereocenters. The van der Waals surface area contributed by atoms with Gasteiger partial charge in [-0.25, -0.2) is 13.6 Å². The third kappa shape index (κ3) is 3.32. The van der Waals surface area contributed by atoms with Gasteiger partial charge in [0, 0.05) is 17.8 Å². The van der Waals surface area contributed by atoms with Gasteiger partial charge in [-0.1, -0.05) is 36.4 Å². The van der Waals surface area contributed by atoms with E-state index in [0.29, 0.717) is 12.2 Å². The van der Waals surface area contributed by atoms with Crippen LogP contribution in [0, 0.1) is 0 Å². The van der Waals surface area contributed by atoms with Crippen molar-refractivity contribution in [3.63, 3.8) is 0 Å². The number of benzene rings is 2. The molecule has 2 aromatic carbocycles. The van der Waals surface area contributed by atoms with Crippen molar-refractivity contribution in [2.45, 2.75) is 13.0 Å². The van der Waals surface area contributed by atoms with Gasteiger partial charge < -0.3 is 10.4 Å². The molecule has 0 aromatic heterocycles. The minimum absolute atomic E-state index is 0.0281. The van der Waals surface area contributed by atoms with Crippen molar-refractivity contribution in [1.29, 1.82) is 0 Å². The molecule has 2 N–H and O–H groups in total. The Labute approximate surface area is 114 Å². The lowest BCUT2D eigenvalue weighted by atomic mass is 10.1. The molecule has 104 valence electrons. The van der Waals surface area contributed by atoms with Gasteiger partial charge in [-0.05, 0) is 17.7 Å². The Balaban J connectivity index is 2.07. The molecule has 0 spiro atoms. The number of nitrogens with one attached hydrogen (secondary N) is 1. The lowest BCUT2D eigenvalue weighted by Gasteiger charge is -2.10. The first kappa shape index (κ1) is 14.0. The fourth-order valence-electron chi connectivity index (χ4n) is 1.80. The number of anilines is 1. The maximum Gasteiger partial charge on any atom is 0.337 e. The van der Waals surface area contributed by atoms with Gasteiger partial charge in [-0.15, -0.1) is 0 Å². The second kappa shape index (κ2) is 6.14. The Morgan fingerprint density at radius 1 is 1.10 bits per heavy atom. The lowest BCUT2D eigenvalue weighted by Crippen LogP contribution is -2.06. The number of para-hydroxylation sites is 1. The van der Waals surface area contributed by atoms with Crippen LogP contribution in [0.2, 0.25) is 0 Å². The molecule has 5 heteroatoms. The first-order valence-corrected chi connectivity index (χ1v) is 6.01. The van der Waals surface area contributed by atoms with Crippen molar-refractivity contribution in [1.82, 2.24) is 0 Å². The quantitative estimate of drug-likeness (QED) is 0.870. The van der Waals surface area contributed by atoms with E-state index >= 15 is 0 Å². The number of halogens is 2. The maximum absolute atomic E-state index is 12.4. The zero-order chi connectivity index (χ0) is 14.5. The van der Waals surface area contributed by atoms with Crippen molar-refractivity contribution in [2.75, 3.05) is 5.32 Å². The summed E-state index contributed by atoms with van der Waals surface area (Å²) in [5, 5.41) is 12.0. The van der Waals surface area contributed by atoms with Gasteiger partial charge in [0.05, 0.1) is 5.56 Å². The second-order valence-corrected chi connectivity index (χ2v) is 4.25. The highest BCUT2D eigenvalue weighted by atomic mass is 19.3. The topological polar surface area (TPSA) is 49.3 Å². The monoisotopic (exact) mass is 277 g/mol. The molecule has 20 heavy (non-hydrogen) atoms. The molecule has 0 saturated carbocycles. The van der Waals surface area contributed by atoms with Gasteiger partial charge in [0.2, 0.25) is 0 Å². The first-order chi connectivity index (χ1) is 9.58. The molecule has 0 saturated heterocycles. The van der Waals surface area contributed by atoms with Gasteiger partial charge in [-0.3, -0.25) is 0 Å². The van der Waals surface area contributed by atoms with E-state index in [1.54, 1.807) is 30.3 Å². The number of hydrogen-bond donors (Lipinski definition) is 2. The number of carboxylic acid groups (broad SMARTS) is 1.